The minimum absolute atomic E-state index is 0.214. The summed E-state index contributed by atoms with van der Waals surface area (Å²) in [4.78, 5) is 24.0. The smallest absolute Gasteiger partial charge is 0.267 e. The van der Waals surface area contributed by atoms with Gasteiger partial charge in [0.15, 0.2) is 5.65 Å². The van der Waals surface area contributed by atoms with Crippen molar-refractivity contribution in [3.8, 4) is 0 Å². The van der Waals surface area contributed by atoms with E-state index in [4.69, 9.17) is 0 Å². The lowest BCUT2D eigenvalue weighted by Crippen LogP contribution is -2.22. The third kappa shape index (κ3) is 1.80. The summed E-state index contributed by atoms with van der Waals surface area (Å²) in [6.07, 6.45) is 4.50. The highest BCUT2D eigenvalue weighted by Crippen LogP contribution is 2.06. The van der Waals surface area contributed by atoms with Crippen molar-refractivity contribution in [1.29, 1.82) is 0 Å². The van der Waals surface area contributed by atoms with E-state index in [0.29, 0.717) is 16.7 Å². The number of imidazole rings is 1. The lowest BCUT2D eigenvalue weighted by molar-refractivity contribution is 0.101. The number of benzene rings is 1. The monoisotopic (exact) mass is 239 g/mol. The summed E-state index contributed by atoms with van der Waals surface area (Å²) in [5.41, 5.74) is 4.48. The van der Waals surface area contributed by atoms with Crippen molar-refractivity contribution in [2.45, 2.75) is 0 Å². The summed E-state index contributed by atoms with van der Waals surface area (Å²) < 4.78 is 1.48. The average Bonchev–Trinajstić information content (AvgIpc) is 2.83. The highest BCUT2D eigenvalue weighted by molar-refractivity contribution is 6.00. The molecule has 2 aromatic heterocycles. The molecule has 0 saturated carbocycles. The molecule has 1 N–H and O–H groups in total. The largest absolute Gasteiger partial charge is 0.270 e. The lowest BCUT2D eigenvalue weighted by atomic mass is 10.2. The first kappa shape index (κ1) is 10.4. The molecule has 88 valence electrons. The number of hydrogen-bond acceptors (Lipinski definition) is 4. The number of aromatic nitrogens is 4. The van der Waals surface area contributed by atoms with Gasteiger partial charge in [0.05, 0.1) is 6.20 Å². The fourth-order valence-electron chi connectivity index (χ4n) is 1.61. The molecule has 0 aliphatic heterocycles. The molecule has 18 heavy (non-hydrogen) atoms. The summed E-state index contributed by atoms with van der Waals surface area (Å²) in [5.74, 6) is -0.214. The quantitative estimate of drug-likeness (QED) is 0.729. The summed E-state index contributed by atoms with van der Waals surface area (Å²) >= 11 is 0. The van der Waals surface area contributed by atoms with Crippen LogP contribution in [0.3, 0.4) is 0 Å². The zero-order valence-electron chi connectivity index (χ0n) is 9.32. The van der Waals surface area contributed by atoms with Gasteiger partial charge in [-0.2, -0.15) is 0 Å². The molecule has 6 nitrogen and oxygen atoms in total. The molecule has 0 fully saturated rings. The van der Waals surface area contributed by atoms with E-state index in [-0.39, 0.29) is 5.91 Å². The van der Waals surface area contributed by atoms with Crippen molar-refractivity contribution in [3.63, 3.8) is 0 Å². The van der Waals surface area contributed by atoms with Gasteiger partial charge < -0.3 is 0 Å². The van der Waals surface area contributed by atoms with Crippen LogP contribution in [0.15, 0.2) is 49.2 Å². The van der Waals surface area contributed by atoms with Crippen LogP contribution in [0.25, 0.3) is 11.2 Å². The molecule has 0 aliphatic rings. The van der Waals surface area contributed by atoms with Crippen LogP contribution in [-0.4, -0.2) is 25.5 Å². The summed E-state index contributed by atoms with van der Waals surface area (Å²) in [6, 6.07) is 8.95. The molecule has 0 radical (unpaired) electrons. The molecule has 0 unspecified atom stereocenters. The number of carbonyl (C=O) groups excluding carboxylic acids is 1. The topological polar surface area (TPSA) is 72.7 Å². The van der Waals surface area contributed by atoms with Gasteiger partial charge in [-0.15, -0.1) is 0 Å². The Morgan fingerprint density at radius 3 is 2.83 bits per heavy atom. The van der Waals surface area contributed by atoms with Crippen LogP contribution in [0.5, 0.6) is 0 Å². The van der Waals surface area contributed by atoms with E-state index < -0.39 is 0 Å². The first-order valence-corrected chi connectivity index (χ1v) is 5.34. The highest BCUT2D eigenvalue weighted by atomic mass is 16.2. The zero-order valence-corrected chi connectivity index (χ0v) is 9.32. The van der Waals surface area contributed by atoms with E-state index >= 15 is 0 Å². The van der Waals surface area contributed by atoms with E-state index in [1.54, 1.807) is 18.3 Å². The maximum absolute atomic E-state index is 12.0. The second-order valence-electron chi connectivity index (χ2n) is 3.65. The van der Waals surface area contributed by atoms with E-state index in [9.17, 15) is 4.79 Å². The van der Waals surface area contributed by atoms with Crippen LogP contribution >= 0.6 is 0 Å². The fraction of sp³-hybridized carbons (Fsp3) is 0. The molecular weight excluding hydrogens is 230 g/mol. The third-order valence-corrected chi connectivity index (χ3v) is 2.47. The van der Waals surface area contributed by atoms with Gasteiger partial charge in [0.2, 0.25) is 0 Å². The van der Waals surface area contributed by atoms with E-state index in [1.165, 1.54) is 17.3 Å². The van der Waals surface area contributed by atoms with Gasteiger partial charge in [0.25, 0.3) is 5.91 Å². The van der Waals surface area contributed by atoms with E-state index in [2.05, 4.69) is 20.4 Å². The number of carbonyl (C=O) groups is 1. The molecule has 0 atom stereocenters. The Labute approximate surface area is 102 Å². The molecule has 6 heteroatoms. The Bertz CT molecular complexity index is 692. The third-order valence-electron chi connectivity index (χ3n) is 2.47. The van der Waals surface area contributed by atoms with E-state index in [1.807, 2.05) is 18.2 Å². The molecule has 3 rings (SSSR count). The number of hydrogen-bond donors (Lipinski definition) is 1. The Kier molecular flexibility index (Phi) is 2.45. The molecule has 0 aliphatic carbocycles. The van der Waals surface area contributed by atoms with Crippen LogP contribution in [-0.2, 0) is 0 Å². The zero-order chi connectivity index (χ0) is 12.4. The number of fused-ring (bicyclic) bond motifs is 1. The molecule has 3 aromatic rings. The van der Waals surface area contributed by atoms with Gasteiger partial charge >= 0.3 is 0 Å². The average molecular weight is 239 g/mol. The van der Waals surface area contributed by atoms with Crippen LogP contribution in [0.2, 0.25) is 0 Å². The molecule has 0 bridgehead atoms. The standard InChI is InChI=1S/C12H9N5O/c18-12(9-4-2-1-3-5-9)16-17-8-15-10-6-13-7-14-11(10)17/h1-8H,(H,16,18). The van der Waals surface area contributed by atoms with E-state index in [0.717, 1.165) is 0 Å². The predicted octanol–water partition coefficient (Wildman–Crippen LogP) is 1.21. The SMILES string of the molecule is O=C(Nn1cnc2cncnc21)c1ccccc1. The summed E-state index contributed by atoms with van der Waals surface area (Å²) in [7, 11) is 0. The van der Waals surface area contributed by atoms with Crippen molar-refractivity contribution in [2.75, 3.05) is 5.43 Å². The molecule has 1 amide bonds. The summed E-state index contributed by atoms with van der Waals surface area (Å²) in [6.45, 7) is 0. The Hall–Kier alpha value is -2.76. The first-order valence-electron chi connectivity index (χ1n) is 5.34. The number of nitrogens with one attached hydrogen (secondary N) is 1. The fourth-order valence-corrected chi connectivity index (χ4v) is 1.61. The molecule has 0 spiro atoms. The first-order chi connectivity index (χ1) is 8.84. The highest BCUT2D eigenvalue weighted by Gasteiger charge is 2.08. The van der Waals surface area contributed by atoms with Crippen LogP contribution in [0.1, 0.15) is 10.4 Å². The minimum Gasteiger partial charge on any atom is -0.267 e. The maximum atomic E-state index is 12.0. The lowest BCUT2D eigenvalue weighted by Gasteiger charge is -2.05. The minimum atomic E-state index is -0.214. The van der Waals surface area contributed by atoms with Gasteiger partial charge in [-0.25, -0.2) is 19.6 Å². The molecular formula is C12H9N5O. The van der Waals surface area contributed by atoms with Crippen LogP contribution in [0.4, 0.5) is 0 Å². The molecule has 2 heterocycles. The van der Waals surface area contributed by atoms with Gasteiger partial charge in [0, 0.05) is 5.56 Å². The van der Waals surface area contributed by atoms with Crippen molar-refractivity contribution in [3.05, 3.63) is 54.7 Å². The van der Waals surface area contributed by atoms with Crippen LogP contribution in [0, 0.1) is 0 Å². The van der Waals surface area contributed by atoms with Crippen molar-refractivity contribution in [2.24, 2.45) is 0 Å². The number of nitrogens with zero attached hydrogens (tertiary/aromatic N) is 4. The van der Waals surface area contributed by atoms with Gasteiger partial charge in [-0.3, -0.25) is 10.2 Å². The molecule has 1 aromatic carbocycles. The van der Waals surface area contributed by atoms with Gasteiger partial charge in [0.1, 0.15) is 18.2 Å². The van der Waals surface area contributed by atoms with Crippen molar-refractivity contribution < 1.29 is 4.79 Å². The van der Waals surface area contributed by atoms with Crippen LogP contribution < -0.4 is 5.43 Å². The molecule has 0 saturated heterocycles. The Morgan fingerprint density at radius 2 is 2.00 bits per heavy atom. The van der Waals surface area contributed by atoms with Gasteiger partial charge in [-0.05, 0) is 12.1 Å². The summed E-state index contributed by atoms with van der Waals surface area (Å²) in [5, 5.41) is 0. The Morgan fingerprint density at radius 1 is 1.17 bits per heavy atom. The van der Waals surface area contributed by atoms with Gasteiger partial charge in [-0.1, -0.05) is 18.2 Å². The number of amides is 1. The Balaban J connectivity index is 1.91. The second-order valence-corrected chi connectivity index (χ2v) is 3.65. The second kappa shape index (κ2) is 4.25. The normalized spacial score (nSPS) is 10.4. The maximum Gasteiger partial charge on any atom is 0.270 e. The predicted molar refractivity (Wildman–Crippen MR) is 65.5 cm³/mol. The van der Waals surface area contributed by atoms with Crippen molar-refractivity contribution >= 4 is 17.1 Å². The number of rotatable bonds is 2. The van der Waals surface area contributed by atoms with Crippen molar-refractivity contribution in [1.82, 2.24) is 19.6 Å².